The van der Waals surface area contributed by atoms with Crippen LogP contribution in [0.3, 0.4) is 0 Å². The Morgan fingerprint density at radius 1 is 0.719 bits per heavy atom. The fourth-order valence-corrected chi connectivity index (χ4v) is 9.20. The Balaban J connectivity index is 2.14. The maximum Gasteiger partial charge on any atom is 0.114 e. The molecule has 1 heterocycles. The van der Waals surface area contributed by atoms with E-state index >= 15 is 0 Å². The van der Waals surface area contributed by atoms with Crippen molar-refractivity contribution in [2.75, 3.05) is 14.2 Å². The molecule has 0 bridgehead atoms. The van der Waals surface area contributed by atoms with Crippen LogP contribution in [-0.4, -0.2) is 22.3 Å². The Labute approximate surface area is 194 Å². The van der Waals surface area contributed by atoms with E-state index in [0.717, 1.165) is 6.42 Å². The second kappa shape index (κ2) is 9.74. The first-order valence-electron chi connectivity index (χ1n) is 11.9. The summed E-state index contributed by atoms with van der Waals surface area (Å²) >= 11 is 0. The zero-order valence-electron chi connectivity index (χ0n) is 20.3. The van der Waals surface area contributed by atoms with Crippen molar-refractivity contribution in [3.8, 4) is 22.3 Å². The minimum atomic E-state index is -1.85. The summed E-state index contributed by atoms with van der Waals surface area (Å²) in [6.07, 6.45) is 4.83. The Kier molecular flexibility index (Phi) is 6.99. The largest absolute Gasteiger partial charge is 0.380 e. The van der Waals surface area contributed by atoms with Crippen LogP contribution in [0.5, 0.6) is 0 Å². The molecule has 0 unspecified atom stereocenters. The standard InChI is InChI=1S/C29H36O2Si/c1-6-7-9-16-22-24(19-30-2)25(20-31-3)27(21-14-10-8-11-15-21)28-23-17-12-13-18-26(23)32(4,5)29(22)28/h8,10-15,17-18H,6-7,9,16,19-20H2,1-5H3. The lowest BCUT2D eigenvalue weighted by Crippen LogP contribution is -2.51. The summed E-state index contributed by atoms with van der Waals surface area (Å²) in [6, 6.07) is 20.0. The number of fused-ring (bicyclic) bond motifs is 3. The molecule has 0 saturated carbocycles. The van der Waals surface area contributed by atoms with Crippen LogP contribution in [0, 0.1) is 0 Å². The van der Waals surface area contributed by atoms with E-state index in [1.54, 1.807) is 10.4 Å². The Hall–Kier alpha value is -2.20. The van der Waals surface area contributed by atoms with Crippen molar-refractivity contribution in [3.63, 3.8) is 0 Å². The molecule has 168 valence electrons. The van der Waals surface area contributed by atoms with E-state index in [1.807, 2.05) is 14.2 Å². The first-order valence-corrected chi connectivity index (χ1v) is 14.9. The van der Waals surface area contributed by atoms with Crippen molar-refractivity contribution in [2.24, 2.45) is 0 Å². The molecular weight excluding hydrogens is 408 g/mol. The molecule has 0 fully saturated rings. The third-order valence-electron chi connectivity index (χ3n) is 7.00. The number of ether oxygens (including phenoxy) is 2. The van der Waals surface area contributed by atoms with E-state index in [4.69, 9.17) is 9.47 Å². The molecule has 0 spiro atoms. The average molecular weight is 445 g/mol. The minimum Gasteiger partial charge on any atom is -0.380 e. The van der Waals surface area contributed by atoms with E-state index in [9.17, 15) is 0 Å². The molecule has 0 saturated heterocycles. The van der Waals surface area contributed by atoms with Gasteiger partial charge in [-0.2, -0.15) is 0 Å². The third-order valence-corrected chi connectivity index (χ3v) is 10.6. The zero-order valence-corrected chi connectivity index (χ0v) is 21.3. The molecule has 0 radical (unpaired) electrons. The normalized spacial score (nSPS) is 13.8. The van der Waals surface area contributed by atoms with Crippen molar-refractivity contribution in [3.05, 3.63) is 71.3 Å². The summed E-state index contributed by atoms with van der Waals surface area (Å²) in [4.78, 5) is 0. The molecular formula is C29H36O2Si. The zero-order chi connectivity index (χ0) is 22.7. The van der Waals surface area contributed by atoms with E-state index in [2.05, 4.69) is 74.6 Å². The molecule has 4 rings (SSSR count). The second-order valence-corrected chi connectivity index (χ2v) is 13.7. The van der Waals surface area contributed by atoms with E-state index in [1.165, 1.54) is 58.2 Å². The van der Waals surface area contributed by atoms with Crippen LogP contribution in [0.25, 0.3) is 22.3 Å². The van der Waals surface area contributed by atoms with Crippen molar-refractivity contribution in [2.45, 2.75) is 58.9 Å². The fourth-order valence-electron chi connectivity index (χ4n) is 5.62. The maximum absolute atomic E-state index is 5.82. The molecule has 1 aliphatic rings. The van der Waals surface area contributed by atoms with Gasteiger partial charge < -0.3 is 9.47 Å². The lowest BCUT2D eigenvalue weighted by Gasteiger charge is -2.28. The summed E-state index contributed by atoms with van der Waals surface area (Å²) in [5.41, 5.74) is 9.70. The van der Waals surface area contributed by atoms with Gasteiger partial charge >= 0.3 is 0 Å². The van der Waals surface area contributed by atoms with Gasteiger partial charge in [0.05, 0.1) is 13.2 Å². The molecule has 1 aliphatic heterocycles. The van der Waals surface area contributed by atoms with Gasteiger partial charge in [0.1, 0.15) is 8.07 Å². The first-order chi connectivity index (χ1) is 15.6. The van der Waals surface area contributed by atoms with Gasteiger partial charge in [-0.25, -0.2) is 0 Å². The SMILES string of the molecule is CCCCCc1c(COC)c(COC)c(-c2ccccc2)c2c1[Si](C)(C)c1ccccc1-2. The van der Waals surface area contributed by atoms with E-state index in [0.29, 0.717) is 13.2 Å². The molecule has 0 aromatic heterocycles. The predicted octanol–water partition coefficient (Wildman–Crippen LogP) is 6.18. The number of methoxy groups -OCH3 is 2. The van der Waals surface area contributed by atoms with Crippen LogP contribution in [-0.2, 0) is 29.1 Å². The Morgan fingerprint density at radius 2 is 1.38 bits per heavy atom. The van der Waals surface area contributed by atoms with Gasteiger partial charge in [0.2, 0.25) is 0 Å². The van der Waals surface area contributed by atoms with Crippen molar-refractivity contribution in [1.29, 1.82) is 0 Å². The number of hydrogen-bond acceptors (Lipinski definition) is 2. The lowest BCUT2D eigenvalue weighted by molar-refractivity contribution is 0.168. The van der Waals surface area contributed by atoms with Gasteiger partial charge in [0.25, 0.3) is 0 Å². The maximum atomic E-state index is 5.82. The third kappa shape index (κ3) is 3.87. The topological polar surface area (TPSA) is 18.5 Å². The number of hydrogen-bond donors (Lipinski definition) is 0. The molecule has 32 heavy (non-hydrogen) atoms. The summed E-state index contributed by atoms with van der Waals surface area (Å²) < 4.78 is 11.6. The summed E-state index contributed by atoms with van der Waals surface area (Å²) in [7, 11) is 1.77. The van der Waals surface area contributed by atoms with Crippen molar-refractivity contribution >= 4 is 18.4 Å². The molecule has 0 atom stereocenters. The van der Waals surface area contributed by atoms with Gasteiger partial charge in [-0.1, -0.05) is 87.5 Å². The average Bonchev–Trinajstić information content (AvgIpc) is 3.04. The molecule has 0 N–H and O–H groups in total. The van der Waals surface area contributed by atoms with Gasteiger partial charge in [-0.05, 0) is 62.2 Å². The van der Waals surface area contributed by atoms with Crippen LogP contribution in [0.2, 0.25) is 13.1 Å². The smallest absolute Gasteiger partial charge is 0.114 e. The highest BCUT2D eigenvalue weighted by Gasteiger charge is 2.42. The predicted molar refractivity (Wildman–Crippen MR) is 139 cm³/mol. The highest BCUT2D eigenvalue weighted by molar-refractivity contribution is 7.04. The summed E-state index contributed by atoms with van der Waals surface area (Å²) in [5.74, 6) is 0. The molecule has 0 aliphatic carbocycles. The van der Waals surface area contributed by atoms with Crippen molar-refractivity contribution in [1.82, 2.24) is 0 Å². The second-order valence-electron chi connectivity index (χ2n) is 9.42. The molecule has 3 heteroatoms. The Morgan fingerprint density at radius 3 is 2.06 bits per heavy atom. The number of unbranched alkanes of at least 4 members (excludes halogenated alkanes) is 2. The van der Waals surface area contributed by atoms with E-state index in [-0.39, 0.29) is 0 Å². The highest BCUT2D eigenvalue weighted by atomic mass is 28.3. The van der Waals surface area contributed by atoms with Crippen molar-refractivity contribution < 1.29 is 9.47 Å². The van der Waals surface area contributed by atoms with Gasteiger partial charge in [0, 0.05) is 14.2 Å². The van der Waals surface area contributed by atoms with Gasteiger partial charge in [-0.3, -0.25) is 0 Å². The van der Waals surface area contributed by atoms with E-state index < -0.39 is 8.07 Å². The number of benzene rings is 3. The van der Waals surface area contributed by atoms with Crippen LogP contribution < -0.4 is 10.4 Å². The summed E-state index contributed by atoms with van der Waals surface area (Å²) in [5, 5.41) is 3.18. The molecule has 3 aromatic rings. The van der Waals surface area contributed by atoms with Crippen LogP contribution in [0.1, 0.15) is 42.9 Å². The number of rotatable bonds is 9. The Bertz CT molecular complexity index is 1090. The fraction of sp³-hybridized carbons (Fsp3) is 0.379. The van der Waals surface area contributed by atoms with Gasteiger partial charge in [0.15, 0.2) is 0 Å². The van der Waals surface area contributed by atoms with Gasteiger partial charge in [-0.15, -0.1) is 0 Å². The quantitative estimate of drug-likeness (QED) is 0.290. The molecule has 2 nitrogen and oxygen atoms in total. The lowest BCUT2D eigenvalue weighted by atomic mass is 9.84. The summed E-state index contributed by atoms with van der Waals surface area (Å²) in [6.45, 7) is 8.57. The first kappa shape index (κ1) is 23.0. The van der Waals surface area contributed by atoms with Crippen LogP contribution >= 0.6 is 0 Å². The van der Waals surface area contributed by atoms with Crippen LogP contribution in [0.4, 0.5) is 0 Å². The monoisotopic (exact) mass is 444 g/mol. The minimum absolute atomic E-state index is 0.598. The van der Waals surface area contributed by atoms with Crippen LogP contribution in [0.15, 0.2) is 54.6 Å². The molecule has 3 aromatic carbocycles. The molecule has 0 amide bonds. The highest BCUT2D eigenvalue weighted by Crippen LogP contribution is 2.42.